The third-order valence-corrected chi connectivity index (χ3v) is 5.53. The Kier molecular flexibility index (Phi) is 7.41. The first-order valence-corrected chi connectivity index (χ1v) is 10.2. The minimum Gasteiger partial charge on any atom is -0.508 e. The second kappa shape index (κ2) is 10.2. The fraction of sp³-hybridized carbons (Fsp3) is 0.435. The summed E-state index contributed by atoms with van der Waals surface area (Å²) in [5.74, 6) is 2.39. The van der Waals surface area contributed by atoms with E-state index in [9.17, 15) is 9.90 Å². The maximum Gasteiger partial charge on any atom is 0.226 e. The molecule has 0 radical (unpaired) electrons. The average molecular weight is 415 g/mol. The highest BCUT2D eigenvalue weighted by molar-refractivity contribution is 5.76. The lowest BCUT2D eigenvalue weighted by Crippen LogP contribution is -2.49. The van der Waals surface area contributed by atoms with Gasteiger partial charge in [0.15, 0.2) is 11.5 Å². The van der Waals surface area contributed by atoms with Gasteiger partial charge in [-0.3, -0.25) is 9.69 Å². The van der Waals surface area contributed by atoms with E-state index >= 15 is 0 Å². The fourth-order valence-electron chi connectivity index (χ4n) is 3.64. The molecule has 1 fully saturated rings. The van der Waals surface area contributed by atoms with Crippen molar-refractivity contribution in [3.8, 4) is 23.0 Å². The highest BCUT2D eigenvalue weighted by Gasteiger charge is 2.25. The van der Waals surface area contributed by atoms with Crippen LogP contribution < -0.4 is 14.2 Å². The fourth-order valence-corrected chi connectivity index (χ4v) is 3.64. The third kappa shape index (κ3) is 5.36. The Bertz CT molecular complexity index is 832. The van der Waals surface area contributed by atoms with Crippen LogP contribution in [0.25, 0.3) is 0 Å². The van der Waals surface area contributed by atoms with Gasteiger partial charge in [-0.05, 0) is 48.9 Å². The Balaban J connectivity index is 1.46. The van der Waals surface area contributed by atoms with Gasteiger partial charge in [0.1, 0.15) is 11.5 Å². The van der Waals surface area contributed by atoms with Crippen molar-refractivity contribution in [3.63, 3.8) is 0 Å². The van der Waals surface area contributed by atoms with Crippen molar-refractivity contribution in [2.45, 2.75) is 19.4 Å². The van der Waals surface area contributed by atoms with Crippen molar-refractivity contribution < 1.29 is 24.1 Å². The van der Waals surface area contributed by atoms with Gasteiger partial charge in [0.05, 0.1) is 27.2 Å². The Labute approximate surface area is 177 Å². The molecule has 3 rings (SSSR count). The van der Waals surface area contributed by atoms with Crippen LogP contribution >= 0.6 is 0 Å². The number of rotatable bonds is 8. The summed E-state index contributed by atoms with van der Waals surface area (Å²) in [6.07, 6.45) is 0.339. The normalized spacial score (nSPS) is 15.5. The monoisotopic (exact) mass is 414 g/mol. The van der Waals surface area contributed by atoms with Gasteiger partial charge in [-0.1, -0.05) is 6.07 Å². The molecule has 1 saturated heterocycles. The summed E-state index contributed by atoms with van der Waals surface area (Å²) in [7, 11) is 3.27. The number of phenolic OH excluding ortho intramolecular Hbond substituents is 1. The highest BCUT2D eigenvalue weighted by atomic mass is 16.5. The predicted molar refractivity (Wildman–Crippen MR) is 114 cm³/mol. The first-order chi connectivity index (χ1) is 14.5. The molecule has 30 heavy (non-hydrogen) atoms. The molecule has 1 N–H and O–H groups in total. The Hall–Kier alpha value is -2.93. The molecular weight excluding hydrogens is 384 g/mol. The number of phenols is 1. The number of hydrogen-bond acceptors (Lipinski definition) is 6. The van der Waals surface area contributed by atoms with E-state index in [2.05, 4.69) is 17.9 Å². The van der Waals surface area contributed by atoms with Crippen molar-refractivity contribution >= 4 is 5.91 Å². The summed E-state index contributed by atoms with van der Waals surface area (Å²) in [5.41, 5.74) is 1.16. The maximum absolute atomic E-state index is 12.5. The maximum atomic E-state index is 12.5. The predicted octanol–water partition coefficient (Wildman–Crippen LogP) is 3.08. The second-order valence-electron chi connectivity index (χ2n) is 7.30. The SMILES string of the molecule is COc1ccc(C(C)N2CCN(C(=O)CCOc3ccc(O)cc3)CC2)cc1OC. The molecule has 1 aliphatic rings. The second-order valence-corrected chi connectivity index (χ2v) is 7.30. The lowest BCUT2D eigenvalue weighted by atomic mass is 10.1. The van der Waals surface area contributed by atoms with Crippen LogP contribution in [0.2, 0.25) is 0 Å². The Morgan fingerprint density at radius 3 is 2.30 bits per heavy atom. The zero-order valence-corrected chi connectivity index (χ0v) is 17.8. The van der Waals surface area contributed by atoms with E-state index < -0.39 is 0 Å². The lowest BCUT2D eigenvalue weighted by molar-refractivity contribution is -0.133. The van der Waals surface area contributed by atoms with Crippen LogP contribution in [0.5, 0.6) is 23.0 Å². The first-order valence-electron chi connectivity index (χ1n) is 10.2. The van der Waals surface area contributed by atoms with Gasteiger partial charge in [-0.25, -0.2) is 0 Å². The molecule has 0 aromatic heterocycles. The molecule has 7 nitrogen and oxygen atoms in total. The van der Waals surface area contributed by atoms with Gasteiger partial charge in [0, 0.05) is 32.2 Å². The molecule has 1 aliphatic heterocycles. The van der Waals surface area contributed by atoms with Gasteiger partial charge < -0.3 is 24.2 Å². The van der Waals surface area contributed by atoms with Crippen molar-refractivity contribution in [1.29, 1.82) is 0 Å². The smallest absolute Gasteiger partial charge is 0.226 e. The number of benzene rings is 2. The molecule has 1 atom stereocenters. The van der Waals surface area contributed by atoms with E-state index in [1.54, 1.807) is 38.5 Å². The summed E-state index contributed by atoms with van der Waals surface area (Å²) in [5, 5.41) is 9.29. The largest absolute Gasteiger partial charge is 0.508 e. The van der Waals surface area contributed by atoms with E-state index in [0.717, 1.165) is 30.2 Å². The number of piperazine rings is 1. The quantitative estimate of drug-likeness (QED) is 0.716. The van der Waals surface area contributed by atoms with Gasteiger partial charge >= 0.3 is 0 Å². The van der Waals surface area contributed by atoms with E-state index in [-0.39, 0.29) is 17.7 Å². The number of carbonyl (C=O) groups excluding carboxylic acids is 1. The van der Waals surface area contributed by atoms with E-state index in [0.29, 0.717) is 31.9 Å². The summed E-state index contributed by atoms with van der Waals surface area (Å²) in [6, 6.07) is 12.7. The van der Waals surface area contributed by atoms with Gasteiger partial charge in [-0.15, -0.1) is 0 Å². The molecule has 1 heterocycles. The average Bonchev–Trinajstić information content (AvgIpc) is 2.79. The zero-order chi connectivity index (χ0) is 21.5. The number of hydrogen-bond donors (Lipinski definition) is 1. The molecule has 1 amide bonds. The van der Waals surface area contributed by atoms with Crippen molar-refractivity contribution in [3.05, 3.63) is 48.0 Å². The lowest BCUT2D eigenvalue weighted by Gasteiger charge is -2.38. The Morgan fingerprint density at radius 1 is 1.00 bits per heavy atom. The molecule has 162 valence electrons. The molecule has 2 aromatic rings. The van der Waals surface area contributed by atoms with Crippen molar-refractivity contribution in [2.75, 3.05) is 47.0 Å². The van der Waals surface area contributed by atoms with Crippen LogP contribution in [-0.2, 0) is 4.79 Å². The Morgan fingerprint density at radius 2 is 1.67 bits per heavy atom. The molecule has 2 aromatic carbocycles. The van der Waals surface area contributed by atoms with Crippen molar-refractivity contribution in [2.24, 2.45) is 0 Å². The molecule has 0 spiro atoms. The molecule has 7 heteroatoms. The van der Waals surface area contributed by atoms with Crippen LogP contribution in [0, 0.1) is 0 Å². The minimum absolute atomic E-state index is 0.104. The van der Waals surface area contributed by atoms with Crippen LogP contribution in [0.3, 0.4) is 0 Å². The van der Waals surface area contributed by atoms with Crippen molar-refractivity contribution in [1.82, 2.24) is 9.80 Å². The molecular formula is C23H30N2O5. The summed E-state index contributed by atoms with van der Waals surface area (Å²) in [4.78, 5) is 16.8. The first kappa shape index (κ1) is 21.8. The summed E-state index contributed by atoms with van der Waals surface area (Å²) < 4.78 is 16.3. The zero-order valence-electron chi connectivity index (χ0n) is 17.8. The number of nitrogens with zero attached hydrogens (tertiary/aromatic N) is 2. The molecule has 0 bridgehead atoms. The summed E-state index contributed by atoms with van der Waals surface area (Å²) in [6.45, 7) is 5.54. The molecule has 0 aliphatic carbocycles. The number of carbonyl (C=O) groups is 1. The number of ether oxygens (including phenoxy) is 3. The van der Waals surface area contributed by atoms with Gasteiger partial charge in [0.25, 0.3) is 0 Å². The van der Waals surface area contributed by atoms with E-state index in [1.165, 1.54) is 0 Å². The van der Waals surface area contributed by atoms with Crippen LogP contribution in [0.4, 0.5) is 0 Å². The number of amides is 1. The van der Waals surface area contributed by atoms with E-state index in [1.807, 2.05) is 17.0 Å². The van der Waals surface area contributed by atoms with Crippen LogP contribution in [0.1, 0.15) is 24.9 Å². The van der Waals surface area contributed by atoms with E-state index in [4.69, 9.17) is 14.2 Å². The van der Waals surface area contributed by atoms with Crippen LogP contribution in [-0.4, -0.2) is 67.8 Å². The topological polar surface area (TPSA) is 71.5 Å². The molecule has 0 saturated carbocycles. The van der Waals surface area contributed by atoms with Gasteiger partial charge in [-0.2, -0.15) is 0 Å². The third-order valence-electron chi connectivity index (χ3n) is 5.53. The van der Waals surface area contributed by atoms with Crippen LogP contribution in [0.15, 0.2) is 42.5 Å². The molecule has 1 unspecified atom stereocenters. The highest BCUT2D eigenvalue weighted by Crippen LogP contribution is 2.32. The standard InChI is InChI=1S/C23H30N2O5/c1-17(18-4-9-21(28-2)22(16-18)29-3)24-11-13-25(14-12-24)23(27)10-15-30-20-7-5-19(26)6-8-20/h4-9,16-17,26H,10-15H2,1-3H3. The number of methoxy groups -OCH3 is 2. The minimum atomic E-state index is 0.104. The number of aromatic hydroxyl groups is 1. The summed E-state index contributed by atoms with van der Waals surface area (Å²) >= 11 is 0. The van der Waals surface area contributed by atoms with Gasteiger partial charge in [0.2, 0.25) is 5.91 Å².